The number of nitrogen functional groups attached to an aromatic ring is 1. The normalized spacial score (nSPS) is 10.4. The van der Waals surface area contributed by atoms with Crippen molar-refractivity contribution in [3.8, 4) is 11.3 Å². The molecule has 0 atom stereocenters. The number of anilines is 1. The quantitative estimate of drug-likeness (QED) is 0.777. The van der Waals surface area contributed by atoms with Gasteiger partial charge < -0.3 is 5.73 Å². The molecule has 0 saturated heterocycles. The molecule has 2 N–H and O–H groups in total. The fraction of sp³-hybridized carbons (Fsp3) is 0.111. The number of halogens is 1. The van der Waals surface area contributed by atoms with Crippen molar-refractivity contribution in [3.63, 3.8) is 0 Å². The number of hydrogen-bond acceptors (Lipinski definition) is 3. The minimum Gasteiger partial charge on any atom is -0.380 e. The zero-order valence-electron chi connectivity index (χ0n) is 7.61. The number of aromatic nitrogens is 3. The van der Waals surface area contributed by atoms with Crippen LogP contribution in [0.2, 0.25) is 5.02 Å². The van der Waals surface area contributed by atoms with Crippen LogP contribution in [0.25, 0.3) is 11.3 Å². The number of aryl methyl sites for hydroxylation is 1. The molecule has 0 unspecified atom stereocenters. The number of benzene rings is 1. The molecular weight excluding hydrogens is 200 g/mol. The van der Waals surface area contributed by atoms with E-state index in [1.807, 2.05) is 24.3 Å². The molecule has 0 aliphatic carbocycles. The second-order valence-corrected chi connectivity index (χ2v) is 3.39. The summed E-state index contributed by atoms with van der Waals surface area (Å²) in [6.07, 6.45) is 0. The van der Waals surface area contributed by atoms with E-state index in [0.29, 0.717) is 10.8 Å². The van der Waals surface area contributed by atoms with Gasteiger partial charge in [-0.05, 0) is 12.1 Å². The van der Waals surface area contributed by atoms with Gasteiger partial charge >= 0.3 is 0 Å². The van der Waals surface area contributed by atoms with Crippen molar-refractivity contribution in [1.29, 1.82) is 0 Å². The van der Waals surface area contributed by atoms with Crippen molar-refractivity contribution in [3.05, 3.63) is 29.3 Å². The molecule has 72 valence electrons. The summed E-state index contributed by atoms with van der Waals surface area (Å²) in [4.78, 5) is 0. The predicted molar refractivity (Wildman–Crippen MR) is 55.9 cm³/mol. The Hall–Kier alpha value is -1.55. The number of rotatable bonds is 1. The molecule has 2 aromatic rings. The van der Waals surface area contributed by atoms with E-state index in [1.54, 1.807) is 11.7 Å². The lowest BCUT2D eigenvalue weighted by atomic mass is 10.1. The highest BCUT2D eigenvalue weighted by Crippen LogP contribution is 2.24. The lowest BCUT2D eigenvalue weighted by Crippen LogP contribution is -1.95. The highest BCUT2D eigenvalue weighted by Gasteiger charge is 2.08. The maximum absolute atomic E-state index is 5.78. The molecule has 0 radical (unpaired) electrons. The fourth-order valence-electron chi connectivity index (χ4n) is 1.32. The van der Waals surface area contributed by atoms with E-state index in [2.05, 4.69) is 10.3 Å². The molecule has 0 aliphatic heterocycles. The van der Waals surface area contributed by atoms with Crippen LogP contribution in [0, 0.1) is 0 Å². The summed E-state index contributed by atoms with van der Waals surface area (Å²) in [5.74, 6) is 0.426. The molecule has 5 heteroatoms. The Kier molecular flexibility index (Phi) is 2.13. The van der Waals surface area contributed by atoms with Crippen molar-refractivity contribution < 1.29 is 0 Å². The van der Waals surface area contributed by atoms with E-state index in [1.165, 1.54) is 0 Å². The summed E-state index contributed by atoms with van der Waals surface area (Å²) < 4.78 is 1.64. The topological polar surface area (TPSA) is 56.7 Å². The van der Waals surface area contributed by atoms with E-state index < -0.39 is 0 Å². The van der Waals surface area contributed by atoms with Gasteiger partial charge in [-0.3, -0.25) is 0 Å². The summed E-state index contributed by atoms with van der Waals surface area (Å²) in [6.45, 7) is 0. The van der Waals surface area contributed by atoms with Crippen LogP contribution in [0.4, 0.5) is 5.82 Å². The third-order valence-corrected chi connectivity index (χ3v) is 2.22. The molecule has 4 nitrogen and oxygen atoms in total. The Balaban J connectivity index is 2.54. The molecule has 0 saturated carbocycles. The van der Waals surface area contributed by atoms with Crippen LogP contribution >= 0.6 is 11.6 Å². The van der Waals surface area contributed by atoms with Gasteiger partial charge in [-0.1, -0.05) is 28.9 Å². The fourth-order valence-corrected chi connectivity index (χ4v) is 1.44. The van der Waals surface area contributed by atoms with Gasteiger partial charge in [0.15, 0.2) is 5.82 Å². The van der Waals surface area contributed by atoms with E-state index in [9.17, 15) is 0 Å². The number of hydrogen-bond donors (Lipinski definition) is 1. The van der Waals surface area contributed by atoms with Crippen molar-refractivity contribution in [1.82, 2.24) is 15.0 Å². The molecule has 1 heterocycles. The number of nitrogens with two attached hydrogens (primary N) is 1. The third kappa shape index (κ3) is 1.44. The molecule has 0 bridgehead atoms. The molecule has 1 aromatic heterocycles. The van der Waals surface area contributed by atoms with E-state index >= 15 is 0 Å². The summed E-state index contributed by atoms with van der Waals surface area (Å²) in [7, 11) is 1.80. The third-order valence-electron chi connectivity index (χ3n) is 1.97. The Morgan fingerprint density at radius 1 is 1.29 bits per heavy atom. The van der Waals surface area contributed by atoms with Crippen LogP contribution in [0.3, 0.4) is 0 Å². The van der Waals surface area contributed by atoms with Crippen molar-refractivity contribution in [2.75, 3.05) is 5.73 Å². The first-order valence-corrected chi connectivity index (χ1v) is 4.47. The Morgan fingerprint density at radius 2 is 1.93 bits per heavy atom. The monoisotopic (exact) mass is 208 g/mol. The molecule has 0 fully saturated rings. The SMILES string of the molecule is Cn1nnc(N)c1-c1ccc(Cl)cc1. The number of nitrogens with zero attached hydrogens (tertiary/aromatic N) is 3. The van der Waals surface area contributed by atoms with Gasteiger partial charge in [0.05, 0.1) is 0 Å². The van der Waals surface area contributed by atoms with Gasteiger partial charge in [-0.15, -0.1) is 5.10 Å². The van der Waals surface area contributed by atoms with Gasteiger partial charge in [-0.25, -0.2) is 4.68 Å². The summed E-state index contributed by atoms with van der Waals surface area (Å²) in [5.41, 5.74) is 7.45. The Morgan fingerprint density at radius 3 is 2.43 bits per heavy atom. The van der Waals surface area contributed by atoms with Gasteiger partial charge in [-0.2, -0.15) is 0 Å². The maximum Gasteiger partial charge on any atom is 0.174 e. The molecule has 14 heavy (non-hydrogen) atoms. The first-order chi connectivity index (χ1) is 6.68. The van der Waals surface area contributed by atoms with Crippen LogP contribution in [0.5, 0.6) is 0 Å². The van der Waals surface area contributed by atoms with Gasteiger partial charge in [0.1, 0.15) is 5.69 Å². The second-order valence-electron chi connectivity index (χ2n) is 2.95. The molecule has 0 amide bonds. The molecule has 0 spiro atoms. The summed E-state index contributed by atoms with van der Waals surface area (Å²) >= 11 is 5.78. The predicted octanol–water partition coefficient (Wildman–Crippen LogP) is 1.72. The van der Waals surface area contributed by atoms with Crippen LogP contribution in [-0.4, -0.2) is 15.0 Å². The average Bonchev–Trinajstić information content (AvgIpc) is 2.49. The standard InChI is InChI=1S/C9H9ClN4/c1-14-8(9(11)12-13-14)6-2-4-7(10)5-3-6/h2-5H,11H2,1H3. The van der Waals surface area contributed by atoms with E-state index in [-0.39, 0.29) is 0 Å². The summed E-state index contributed by atoms with van der Waals surface area (Å²) in [5, 5.41) is 8.29. The first kappa shape index (κ1) is 9.02. The van der Waals surface area contributed by atoms with Crippen LogP contribution in [-0.2, 0) is 7.05 Å². The minimum atomic E-state index is 0.426. The summed E-state index contributed by atoms with van der Waals surface area (Å²) in [6, 6.07) is 7.39. The molecular formula is C9H9ClN4. The van der Waals surface area contributed by atoms with Crippen LogP contribution in [0.1, 0.15) is 0 Å². The highest BCUT2D eigenvalue weighted by molar-refractivity contribution is 6.30. The minimum absolute atomic E-state index is 0.426. The van der Waals surface area contributed by atoms with E-state index in [0.717, 1.165) is 11.3 Å². The lowest BCUT2D eigenvalue weighted by Gasteiger charge is -2.01. The zero-order valence-corrected chi connectivity index (χ0v) is 8.36. The maximum atomic E-state index is 5.78. The largest absolute Gasteiger partial charge is 0.380 e. The van der Waals surface area contributed by atoms with Crippen LogP contribution < -0.4 is 5.73 Å². The Bertz CT molecular complexity index is 427. The first-order valence-electron chi connectivity index (χ1n) is 4.09. The van der Waals surface area contributed by atoms with Crippen molar-refractivity contribution >= 4 is 17.4 Å². The second kappa shape index (κ2) is 3.31. The van der Waals surface area contributed by atoms with Crippen molar-refractivity contribution in [2.24, 2.45) is 7.05 Å². The average molecular weight is 209 g/mol. The highest BCUT2D eigenvalue weighted by atomic mass is 35.5. The zero-order chi connectivity index (χ0) is 10.1. The lowest BCUT2D eigenvalue weighted by molar-refractivity contribution is 0.721. The Labute approximate surface area is 86.3 Å². The van der Waals surface area contributed by atoms with Gasteiger partial charge in [0.2, 0.25) is 0 Å². The van der Waals surface area contributed by atoms with Gasteiger partial charge in [0.25, 0.3) is 0 Å². The smallest absolute Gasteiger partial charge is 0.174 e. The van der Waals surface area contributed by atoms with Gasteiger partial charge in [0, 0.05) is 17.6 Å². The van der Waals surface area contributed by atoms with Crippen LogP contribution in [0.15, 0.2) is 24.3 Å². The molecule has 1 aromatic carbocycles. The van der Waals surface area contributed by atoms with Crippen molar-refractivity contribution in [2.45, 2.75) is 0 Å². The molecule has 0 aliphatic rings. The van der Waals surface area contributed by atoms with E-state index in [4.69, 9.17) is 17.3 Å². The molecule has 2 rings (SSSR count).